The van der Waals surface area contributed by atoms with Crippen molar-refractivity contribution in [2.45, 2.75) is 59.2 Å². The monoisotopic (exact) mass is 489 g/mol. The van der Waals surface area contributed by atoms with Crippen molar-refractivity contribution >= 4 is 10.1 Å². The molecule has 34 heavy (non-hydrogen) atoms. The molecule has 1 aromatic carbocycles. The van der Waals surface area contributed by atoms with Gasteiger partial charge in [-0.3, -0.25) is 4.18 Å². The average molecular weight is 490 g/mol. The largest absolute Gasteiger partial charge is 0.491 e. The first-order chi connectivity index (χ1) is 16.0. The summed E-state index contributed by atoms with van der Waals surface area (Å²) < 4.78 is 44.0. The first kappa shape index (κ1) is 24.2. The van der Waals surface area contributed by atoms with Crippen LogP contribution in [0, 0.1) is 6.92 Å². The van der Waals surface area contributed by atoms with Crippen molar-refractivity contribution in [3.8, 4) is 34.4 Å². The normalized spacial score (nSPS) is 15.3. The highest BCUT2D eigenvalue weighted by Crippen LogP contribution is 2.37. The van der Waals surface area contributed by atoms with Crippen LogP contribution >= 0.6 is 0 Å². The summed E-state index contributed by atoms with van der Waals surface area (Å²) in [7, 11) is -3.57. The van der Waals surface area contributed by atoms with Crippen molar-refractivity contribution in [2.75, 3.05) is 19.5 Å². The van der Waals surface area contributed by atoms with Gasteiger partial charge in [-0.2, -0.15) is 13.5 Å². The Morgan fingerprint density at radius 3 is 2.68 bits per heavy atom. The number of benzene rings is 1. The van der Waals surface area contributed by atoms with Gasteiger partial charge in [0.05, 0.1) is 18.4 Å². The molecule has 0 aliphatic carbocycles. The van der Waals surface area contributed by atoms with Gasteiger partial charge in [0.15, 0.2) is 5.82 Å². The van der Waals surface area contributed by atoms with E-state index in [1.165, 1.54) is 0 Å². The molecule has 1 unspecified atom stereocenters. The standard InChI is InChI=1S/C23H31N5O5S/c1-7-23(5,14-32-34(6,29)30)33-17-8-9-18-20(12-17)31-11-10-27-13-19(25-21(18)27)22-24-16(4)26-28(22)15(2)3/h8-9,12-13,15H,7,10-11,14H2,1-6H3. The summed E-state index contributed by atoms with van der Waals surface area (Å²) in [4.78, 5) is 9.48. The van der Waals surface area contributed by atoms with E-state index >= 15 is 0 Å². The Balaban J connectivity index is 1.65. The van der Waals surface area contributed by atoms with E-state index < -0.39 is 15.7 Å². The lowest BCUT2D eigenvalue weighted by atomic mass is 10.0. The van der Waals surface area contributed by atoms with Gasteiger partial charge < -0.3 is 14.0 Å². The van der Waals surface area contributed by atoms with Gasteiger partial charge >= 0.3 is 0 Å². The summed E-state index contributed by atoms with van der Waals surface area (Å²) in [5, 5.41) is 4.51. The molecule has 0 radical (unpaired) electrons. The van der Waals surface area contributed by atoms with E-state index in [9.17, 15) is 8.42 Å². The lowest BCUT2D eigenvalue weighted by molar-refractivity contribution is 0.0346. The smallest absolute Gasteiger partial charge is 0.264 e. The van der Waals surface area contributed by atoms with Crippen molar-refractivity contribution in [1.29, 1.82) is 0 Å². The SMILES string of the molecule is CCC(C)(COS(C)(=O)=O)Oc1ccc2c(c1)OCCn1cc(-c3nc(C)nn3C(C)C)nc1-2. The topological polar surface area (TPSA) is 110 Å². The van der Waals surface area contributed by atoms with Crippen LogP contribution in [0.15, 0.2) is 24.4 Å². The minimum absolute atomic E-state index is 0.0794. The predicted octanol–water partition coefficient (Wildman–Crippen LogP) is 3.61. The Bertz CT molecular complexity index is 1300. The molecule has 0 bridgehead atoms. The number of fused-ring (bicyclic) bond motifs is 3. The van der Waals surface area contributed by atoms with Crippen LogP contribution in [0.2, 0.25) is 0 Å². The highest BCUT2D eigenvalue weighted by Gasteiger charge is 2.28. The van der Waals surface area contributed by atoms with Crippen molar-refractivity contribution in [3.05, 3.63) is 30.2 Å². The van der Waals surface area contributed by atoms with Gasteiger partial charge in [0, 0.05) is 18.3 Å². The van der Waals surface area contributed by atoms with E-state index in [0.29, 0.717) is 36.9 Å². The fourth-order valence-electron chi connectivity index (χ4n) is 3.72. The maximum Gasteiger partial charge on any atom is 0.264 e. The molecule has 10 nitrogen and oxygen atoms in total. The molecule has 2 aromatic heterocycles. The van der Waals surface area contributed by atoms with E-state index in [-0.39, 0.29) is 12.6 Å². The number of hydrogen-bond acceptors (Lipinski definition) is 8. The van der Waals surface area contributed by atoms with Crippen LogP contribution in [0.4, 0.5) is 0 Å². The molecule has 0 N–H and O–H groups in total. The molecule has 1 aliphatic rings. The van der Waals surface area contributed by atoms with Crippen LogP contribution in [0.3, 0.4) is 0 Å². The van der Waals surface area contributed by atoms with E-state index in [4.69, 9.17) is 18.6 Å². The zero-order valence-electron chi connectivity index (χ0n) is 20.4. The fourth-order valence-corrected chi connectivity index (χ4v) is 4.18. The summed E-state index contributed by atoms with van der Waals surface area (Å²) >= 11 is 0. The molecule has 3 aromatic rings. The summed E-state index contributed by atoms with van der Waals surface area (Å²) in [6.45, 7) is 10.8. The number of nitrogens with zero attached hydrogens (tertiary/aromatic N) is 5. The molecular formula is C23H31N5O5S. The molecule has 184 valence electrons. The maximum atomic E-state index is 11.4. The molecule has 0 fully saturated rings. The number of aryl methyl sites for hydroxylation is 1. The Morgan fingerprint density at radius 2 is 2.00 bits per heavy atom. The Morgan fingerprint density at radius 1 is 1.24 bits per heavy atom. The van der Waals surface area contributed by atoms with E-state index in [2.05, 4.69) is 28.5 Å². The van der Waals surface area contributed by atoms with Gasteiger partial charge in [0.25, 0.3) is 10.1 Å². The second kappa shape index (κ2) is 9.03. The molecule has 0 amide bonds. The summed E-state index contributed by atoms with van der Waals surface area (Å²) in [5.41, 5.74) is 0.787. The van der Waals surface area contributed by atoms with Gasteiger partial charge in [-0.15, -0.1) is 0 Å². The Kier molecular flexibility index (Phi) is 6.43. The quantitative estimate of drug-likeness (QED) is 0.441. The Hall–Kier alpha value is -2.92. The molecule has 1 aliphatic heterocycles. The van der Waals surface area contributed by atoms with Crippen LogP contribution < -0.4 is 9.47 Å². The molecule has 4 rings (SSSR count). The molecule has 1 atom stereocenters. The third-order valence-corrected chi connectivity index (χ3v) is 6.25. The number of aromatic nitrogens is 5. The minimum Gasteiger partial charge on any atom is -0.491 e. The summed E-state index contributed by atoms with van der Waals surface area (Å²) in [6, 6.07) is 5.72. The molecular weight excluding hydrogens is 458 g/mol. The second-order valence-corrected chi connectivity index (χ2v) is 10.7. The van der Waals surface area contributed by atoms with E-state index in [1.54, 1.807) is 0 Å². The number of hydrogen-bond donors (Lipinski definition) is 0. The van der Waals surface area contributed by atoms with Gasteiger partial charge in [0.1, 0.15) is 47.7 Å². The zero-order chi connectivity index (χ0) is 24.7. The highest BCUT2D eigenvalue weighted by molar-refractivity contribution is 7.85. The van der Waals surface area contributed by atoms with Crippen LogP contribution in [-0.2, 0) is 20.8 Å². The summed E-state index contributed by atoms with van der Waals surface area (Å²) in [6.07, 6.45) is 3.57. The van der Waals surface area contributed by atoms with Crippen molar-refractivity contribution in [1.82, 2.24) is 24.3 Å². The van der Waals surface area contributed by atoms with Crippen LogP contribution in [0.1, 0.15) is 46.0 Å². The molecule has 0 spiro atoms. The van der Waals surface area contributed by atoms with Crippen LogP contribution in [0.25, 0.3) is 22.9 Å². The van der Waals surface area contributed by atoms with Gasteiger partial charge in [-0.05, 0) is 46.2 Å². The van der Waals surface area contributed by atoms with Gasteiger partial charge in [0.2, 0.25) is 0 Å². The zero-order valence-corrected chi connectivity index (χ0v) is 21.2. The lowest BCUT2D eigenvalue weighted by Crippen LogP contribution is -2.37. The molecule has 3 heterocycles. The van der Waals surface area contributed by atoms with Crippen LogP contribution in [-0.4, -0.2) is 57.8 Å². The van der Waals surface area contributed by atoms with Crippen molar-refractivity contribution in [3.63, 3.8) is 0 Å². The number of imidazole rings is 1. The number of rotatable bonds is 8. The second-order valence-electron chi connectivity index (χ2n) is 9.04. The van der Waals surface area contributed by atoms with Gasteiger partial charge in [-0.1, -0.05) is 6.92 Å². The summed E-state index contributed by atoms with van der Waals surface area (Å²) in [5.74, 6) is 3.44. The van der Waals surface area contributed by atoms with Crippen molar-refractivity contribution in [2.24, 2.45) is 0 Å². The highest BCUT2D eigenvalue weighted by atomic mass is 32.2. The Labute approximate surface area is 200 Å². The lowest BCUT2D eigenvalue weighted by Gasteiger charge is -2.29. The minimum atomic E-state index is -3.57. The van der Waals surface area contributed by atoms with Crippen molar-refractivity contribution < 1.29 is 22.1 Å². The predicted molar refractivity (Wildman–Crippen MR) is 127 cm³/mol. The van der Waals surface area contributed by atoms with Gasteiger partial charge in [-0.25, -0.2) is 14.6 Å². The first-order valence-electron chi connectivity index (χ1n) is 11.3. The van der Waals surface area contributed by atoms with Crippen LogP contribution in [0.5, 0.6) is 11.5 Å². The molecule has 0 saturated heterocycles. The van der Waals surface area contributed by atoms with E-state index in [0.717, 1.165) is 29.2 Å². The number of ether oxygens (including phenoxy) is 2. The maximum absolute atomic E-state index is 11.4. The molecule has 0 saturated carbocycles. The third-order valence-electron chi connectivity index (χ3n) is 5.71. The first-order valence-corrected chi connectivity index (χ1v) is 13.1. The molecule has 11 heteroatoms. The van der Waals surface area contributed by atoms with E-state index in [1.807, 2.05) is 49.8 Å². The average Bonchev–Trinajstić information content (AvgIpc) is 3.32. The fraction of sp³-hybridized carbons (Fsp3) is 0.522. The third kappa shape index (κ3) is 5.10.